The first kappa shape index (κ1) is 27.0. The first-order chi connectivity index (χ1) is 17.1. The molecule has 1 saturated heterocycles. The summed E-state index contributed by atoms with van der Waals surface area (Å²) in [6.45, 7) is 6.13. The number of halogens is 1. The van der Waals surface area contributed by atoms with Gasteiger partial charge in [-0.25, -0.2) is 14.0 Å². The standard InChI is InChI=1S/C27H33FN2O6/c1-16(2)13-23-21(29-22-14-18(27(34)35-4)11-10-17(22)3)9-6-12-30(23)24(31)15-36-25-19(26(32)33)7-5-8-20(25)28/h5,7-8,10-11,14,16,21,23,29H,6,9,12-13,15H2,1-4H3,(H,32,33)/t21-,23-/m0/s1. The van der Waals surface area contributed by atoms with Gasteiger partial charge in [-0.05, 0) is 61.9 Å². The van der Waals surface area contributed by atoms with E-state index < -0.39 is 30.1 Å². The number of ether oxygens (including phenoxy) is 2. The second kappa shape index (κ2) is 11.9. The maximum atomic E-state index is 14.3. The number of nitrogens with one attached hydrogen (secondary N) is 1. The van der Waals surface area contributed by atoms with Crippen LogP contribution in [0.2, 0.25) is 0 Å². The Kier molecular flexibility index (Phi) is 8.90. The Bertz CT molecular complexity index is 1120. The highest BCUT2D eigenvalue weighted by atomic mass is 19.1. The lowest BCUT2D eigenvalue weighted by Gasteiger charge is -2.43. The lowest BCUT2D eigenvalue weighted by atomic mass is 9.89. The van der Waals surface area contributed by atoms with Crippen LogP contribution in [0, 0.1) is 18.7 Å². The molecule has 1 aliphatic heterocycles. The molecule has 1 heterocycles. The number of amides is 1. The molecule has 3 rings (SSSR count). The van der Waals surface area contributed by atoms with Crippen LogP contribution >= 0.6 is 0 Å². The molecule has 194 valence electrons. The van der Waals surface area contributed by atoms with E-state index in [1.807, 2.05) is 13.0 Å². The van der Waals surface area contributed by atoms with Crippen molar-refractivity contribution in [2.24, 2.45) is 5.92 Å². The highest BCUT2D eigenvalue weighted by molar-refractivity contribution is 5.91. The van der Waals surface area contributed by atoms with Crippen molar-refractivity contribution >= 4 is 23.5 Å². The second-order valence-electron chi connectivity index (χ2n) is 9.41. The number of aromatic carboxylic acids is 1. The number of carboxylic acid groups (broad SMARTS) is 1. The number of rotatable bonds is 9. The minimum Gasteiger partial charge on any atom is -0.480 e. The van der Waals surface area contributed by atoms with E-state index >= 15 is 0 Å². The Labute approximate surface area is 210 Å². The fourth-order valence-corrected chi connectivity index (χ4v) is 4.57. The van der Waals surface area contributed by atoms with Gasteiger partial charge in [0, 0.05) is 18.3 Å². The number of aryl methyl sites for hydroxylation is 1. The van der Waals surface area contributed by atoms with Crippen molar-refractivity contribution in [1.82, 2.24) is 4.90 Å². The zero-order valence-corrected chi connectivity index (χ0v) is 21.0. The molecule has 0 bridgehead atoms. The van der Waals surface area contributed by atoms with Gasteiger partial charge in [-0.3, -0.25) is 4.79 Å². The van der Waals surface area contributed by atoms with Gasteiger partial charge in [-0.2, -0.15) is 0 Å². The van der Waals surface area contributed by atoms with Crippen molar-refractivity contribution in [2.45, 2.75) is 52.1 Å². The Balaban J connectivity index is 1.81. The molecular weight excluding hydrogens is 467 g/mol. The Morgan fingerprint density at radius 1 is 1.22 bits per heavy atom. The number of hydrogen-bond donors (Lipinski definition) is 2. The molecule has 1 aliphatic rings. The third kappa shape index (κ3) is 6.33. The monoisotopic (exact) mass is 500 g/mol. The lowest BCUT2D eigenvalue weighted by molar-refractivity contribution is -0.137. The topological polar surface area (TPSA) is 105 Å². The number of carboxylic acids is 1. The fourth-order valence-electron chi connectivity index (χ4n) is 4.57. The Hall–Kier alpha value is -3.62. The van der Waals surface area contributed by atoms with E-state index in [0.717, 1.165) is 36.6 Å². The van der Waals surface area contributed by atoms with Crippen LogP contribution in [0.5, 0.6) is 5.75 Å². The number of carbonyl (C=O) groups is 3. The molecule has 8 nitrogen and oxygen atoms in total. The minimum absolute atomic E-state index is 0.0836. The van der Waals surface area contributed by atoms with E-state index in [2.05, 4.69) is 19.2 Å². The Morgan fingerprint density at radius 3 is 2.64 bits per heavy atom. The van der Waals surface area contributed by atoms with Crippen LogP contribution in [-0.2, 0) is 9.53 Å². The zero-order chi connectivity index (χ0) is 26.4. The van der Waals surface area contributed by atoms with Crippen LogP contribution in [0.3, 0.4) is 0 Å². The van der Waals surface area contributed by atoms with Crippen molar-refractivity contribution in [3.63, 3.8) is 0 Å². The van der Waals surface area contributed by atoms with Crippen LogP contribution in [-0.4, -0.2) is 60.2 Å². The number of hydrogen-bond acceptors (Lipinski definition) is 6. The predicted octanol–water partition coefficient (Wildman–Crippen LogP) is 4.52. The summed E-state index contributed by atoms with van der Waals surface area (Å²) in [5.74, 6) is -3.08. The average molecular weight is 501 g/mol. The molecule has 0 aromatic heterocycles. The molecule has 0 spiro atoms. The van der Waals surface area contributed by atoms with Crippen molar-refractivity contribution in [2.75, 3.05) is 25.6 Å². The number of anilines is 1. The quantitative estimate of drug-likeness (QED) is 0.488. The molecule has 1 amide bonds. The smallest absolute Gasteiger partial charge is 0.339 e. The van der Waals surface area contributed by atoms with Crippen LogP contribution in [0.1, 0.15) is 59.4 Å². The zero-order valence-electron chi connectivity index (χ0n) is 21.0. The first-order valence-corrected chi connectivity index (χ1v) is 12.0. The van der Waals surface area contributed by atoms with Crippen LogP contribution in [0.25, 0.3) is 0 Å². The number of esters is 1. The summed E-state index contributed by atoms with van der Waals surface area (Å²) in [6, 6.07) is 8.67. The molecule has 2 aromatic rings. The van der Waals surface area contributed by atoms with Crippen molar-refractivity contribution in [3.05, 3.63) is 58.9 Å². The Morgan fingerprint density at radius 2 is 1.97 bits per heavy atom. The third-order valence-corrected chi connectivity index (χ3v) is 6.35. The largest absolute Gasteiger partial charge is 0.480 e. The summed E-state index contributed by atoms with van der Waals surface area (Å²) in [6.07, 6.45) is 2.29. The number of para-hydroxylation sites is 1. The van der Waals surface area contributed by atoms with E-state index in [-0.39, 0.29) is 23.6 Å². The number of nitrogens with zero attached hydrogens (tertiary/aromatic N) is 1. The van der Waals surface area contributed by atoms with Gasteiger partial charge in [-0.1, -0.05) is 26.0 Å². The molecule has 2 atom stereocenters. The molecule has 2 N–H and O–H groups in total. The second-order valence-corrected chi connectivity index (χ2v) is 9.41. The van der Waals surface area contributed by atoms with E-state index in [9.17, 15) is 23.9 Å². The molecule has 36 heavy (non-hydrogen) atoms. The van der Waals surface area contributed by atoms with Gasteiger partial charge in [0.2, 0.25) is 0 Å². The number of benzene rings is 2. The van der Waals surface area contributed by atoms with Gasteiger partial charge in [0.25, 0.3) is 5.91 Å². The van der Waals surface area contributed by atoms with Crippen molar-refractivity contribution < 1.29 is 33.4 Å². The van der Waals surface area contributed by atoms with Crippen LogP contribution in [0.15, 0.2) is 36.4 Å². The van der Waals surface area contributed by atoms with Gasteiger partial charge in [0.1, 0.15) is 5.56 Å². The maximum Gasteiger partial charge on any atom is 0.339 e. The van der Waals surface area contributed by atoms with E-state index in [0.29, 0.717) is 18.0 Å². The lowest BCUT2D eigenvalue weighted by Crippen LogP contribution is -2.55. The molecule has 0 radical (unpaired) electrons. The van der Waals surface area contributed by atoms with Crippen molar-refractivity contribution in [1.29, 1.82) is 0 Å². The summed E-state index contributed by atoms with van der Waals surface area (Å²) in [7, 11) is 1.33. The van der Waals surface area contributed by atoms with Gasteiger partial charge < -0.3 is 24.8 Å². The predicted molar refractivity (Wildman–Crippen MR) is 133 cm³/mol. The van der Waals surface area contributed by atoms with Gasteiger partial charge in [0.05, 0.1) is 18.7 Å². The summed E-state index contributed by atoms with van der Waals surface area (Å²) < 4.78 is 24.5. The number of methoxy groups -OCH3 is 1. The molecule has 0 aliphatic carbocycles. The SMILES string of the molecule is COC(=O)c1ccc(C)c(N[C@H]2CCCN(C(=O)COc3c(F)cccc3C(=O)O)[C@H]2CC(C)C)c1. The fraction of sp³-hybridized carbons (Fsp3) is 0.444. The highest BCUT2D eigenvalue weighted by Crippen LogP contribution is 2.29. The van der Waals surface area contributed by atoms with Gasteiger partial charge in [-0.15, -0.1) is 0 Å². The minimum atomic E-state index is -1.33. The van der Waals surface area contributed by atoms with E-state index in [4.69, 9.17) is 9.47 Å². The molecule has 0 saturated carbocycles. The molecule has 0 unspecified atom stereocenters. The van der Waals surface area contributed by atoms with E-state index in [1.54, 1.807) is 17.0 Å². The summed E-state index contributed by atoms with van der Waals surface area (Å²) in [5, 5.41) is 12.9. The number of likely N-dealkylation sites (tertiary alicyclic amines) is 1. The summed E-state index contributed by atoms with van der Waals surface area (Å²) >= 11 is 0. The summed E-state index contributed by atoms with van der Waals surface area (Å²) in [5.41, 5.74) is 1.85. The molecule has 2 aromatic carbocycles. The van der Waals surface area contributed by atoms with Crippen molar-refractivity contribution in [3.8, 4) is 5.75 Å². The maximum absolute atomic E-state index is 14.3. The van der Waals surface area contributed by atoms with E-state index in [1.165, 1.54) is 19.2 Å². The highest BCUT2D eigenvalue weighted by Gasteiger charge is 2.35. The van der Waals surface area contributed by atoms with Gasteiger partial charge >= 0.3 is 11.9 Å². The summed E-state index contributed by atoms with van der Waals surface area (Å²) in [4.78, 5) is 38.4. The number of piperidine rings is 1. The first-order valence-electron chi connectivity index (χ1n) is 12.0. The third-order valence-electron chi connectivity index (χ3n) is 6.35. The molecule has 1 fully saturated rings. The van der Waals surface area contributed by atoms with Crippen LogP contribution in [0.4, 0.5) is 10.1 Å². The molecule has 9 heteroatoms. The average Bonchev–Trinajstić information content (AvgIpc) is 2.84. The molecular formula is C27H33FN2O6. The number of carbonyl (C=O) groups excluding carboxylic acids is 2. The normalized spacial score (nSPS) is 17.6. The van der Waals surface area contributed by atoms with Gasteiger partial charge in [0.15, 0.2) is 18.2 Å². The van der Waals surface area contributed by atoms with Crippen LogP contribution < -0.4 is 10.1 Å².